The topological polar surface area (TPSA) is 0 Å². The van der Waals surface area contributed by atoms with E-state index in [1.165, 1.54) is 22.3 Å². The standard InChI is InChI=1S/C12H10Si.2C11H11.2ClH.Ti/c1-3-7-11(8-4-1)13-12-9-5-2-6-10-12;2*1-8-6-10-5-3-4-9(2)11(10)7-8;;;/h1-10H;2*3-7H,1-2H3;2*1H;. The summed E-state index contributed by atoms with van der Waals surface area (Å²) in [7, 11) is 0. The van der Waals surface area contributed by atoms with Crippen LogP contribution in [0, 0.1) is 13.8 Å². The van der Waals surface area contributed by atoms with E-state index in [4.69, 9.17) is 0 Å². The van der Waals surface area contributed by atoms with Gasteiger partial charge in [-0.15, -0.1) is 24.8 Å². The maximum atomic E-state index is 2.52. The average Bonchev–Trinajstić information content (AvgIpc) is 3.41. The number of benzene rings is 4. The summed E-state index contributed by atoms with van der Waals surface area (Å²) in [6.45, 7) is 9.39. The molecule has 0 spiro atoms. The molecule has 192 valence electrons. The fourth-order valence-electron chi connectivity index (χ4n) is 6.41. The van der Waals surface area contributed by atoms with Crippen LogP contribution < -0.4 is 10.4 Å². The quantitative estimate of drug-likeness (QED) is 0.211. The van der Waals surface area contributed by atoms with Crippen LogP contribution in [-0.4, -0.2) is 6.19 Å². The second-order valence-corrected chi connectivity index (χ2v) is 20.2. The van der Waals surface area contributed by atoms with Crippen molar-refractivity contribution in [2.75, 3.05) is 0 Å². The van der Waals surface area contributed by atoms with Gasteiger partial charge in [0, 0.05) is 0 Å². The summed E-state index contributed by atoms with van der Waals surface area (Å²) >= 11 is -1.98. The molecular formula is C34H34Cl2SiTi. The minimum absolute atomic E-state index is 0. The predicted octanol–water partition coefficient (Wildman–Crippen LogP) is 8.19. The number of halogens is 2. The first-order chi connectivity index (χ1) is 17.5. The predicted molar refractivity (Wildman–Crippen MR) is 168 cm³/mol. The van der Waals surface area contributed by atoms with Gasteiger partial charge in [-0.25, -0.2) is 0 Å². The third-order valence-corrected chi connectivity index (χ3v) is 22.6. The van der Waals surface area contributed by atoms with Gasteiger partial charge in [0.15, 0.2) is 0 Å². The van der Waals surface area contributed by atoms with Gasteiger partial charge in [0.05, 0.1) is 0 Å². The fourth-order valence-corrected chi connectivity index (χ4v) is 23.7. The van der Waals surface area contributed by atoms with Crippen LogP contribution in [0.3, 0.4) is 0 Å². The molecule has 0 amide bonds. The Bertz CT molecular complexity index is 1450. The summed E-state index contributed by atoms with van der Waals surface area (Å²) in [5.41, 5.74) is 12.1. The summed E-state index contributed by atoms with van der Waals surface area (Å²) in [5, 5.41) is 3.15. The van der Waals surface area contributed by atoms with Crippen LogP contribution in [0.2, 0.25) is 0 Å². The molecule has 0 radical (unpaired) electrons. The van der Waals surface area contributed by atoms with E-state index in [9.17, 15) is 0 Å². The number of hydrogen-bond acceptors (Lipinski definition) is 0. The number of allylic oxidation sites excluding steroid dienone is 2. The van der Waals surface area contributed by atoms with E-state index in [0.717, 1.165) is 0 Å². The zero-order chi connectivity index (χ0) is 24.8. The van der Waals surface area contributed by atoms with Crippen molar-refractivity contribution in [3.05, 3.63) is 142 Å². The van der Waals surface area contributed by atoms with Crippen LogP contribution in [0.15, 0.2) is 108 Å². The van der Waals surface area contributed by atoms with Crippen LogP contribution >= 0.6 is 24.8 Å². The van der Waals surface area contributed by atoms with Crippen molar-refractivity contribution >= 4 is 53.5 Å². The molecule has 0 nitrogen and oxygen atoms in total. The molecule has 0 heterocycles. The van der Waals surface area contributed by atoms with E-state index in [2.05, 4.69) is 137 Å². The third-order valence-electron chi connectivity index (χ3n) is 8.03. The molecule has 4 heteroatoms. The van der Waals surface area contributed by atoms with Gasteiger partial charge < -0.3 is 0 Å². The van der Waals surface area contributed by atoms with Crippen LogP contribution in [0.5, 0.6) is 0 Å². The van der Waals surface area contributed by atoms with Gasteiger partial charge in [0.2, 0.25) is 0 Å². The first kappa shape index (κ1) is 28.9. The molecule has 2 atom stereocenters. The van der Waals surface area contributed by atoms with E-state index in [-0.39, 0.29) is 24.8 Å². The molecule has 0 aromatic heterocycles. The molecule has 2 unspecified atom stereocenters. The molecule has 0 aliphatic heterocycles. The first-order valence-electron chi connectivity index (χ1n) is 12.9. The normalized spacial score (nSPS) is 16.8. The number of rotatable bonds is 4. The van der Waals surface area contributed by atoms with Crippen LogP contribution in [0.4, 0.5) is 0 Å². The molecule has 0 saturated carbocycles. The van der Waals surface area contributed by atoms with Crippen molar-refractivity contribution in [2.24, 2.45) is 0 Å². The molecule has 0 N–H and O–H groups in total. The SMILES string of the molecule is CC1=Cc2c(C)cccc2[CH]1[Ti]([CH]1C(C)=Cc2c(C)cccc21)=[Si](c1ccccc1)c1ccccc1.Cl.Cl. The second-order valence-electron chi connectivity index (χ2n) is 10.4. The monoisotopic (exact) mass is 588 g/mol. The molecule has 2 aliphatic carbocycles. The molecular weight excluding hydrogens is 555 g/mol. The van der Waals surface area contributed by atoms with E-state index < -0.39 is 22.8 Å². The largest absolute Gasteiger partial charge is 0.147 e. The summed E-state index contributed by atoms with van der Waals surface area (Å²) < 4.78 is 1.13. The summed E-state index contributed by atoms with van der Waals surface area (Å²) in [6.07, 6.45) is 4.04. The Morgan fingerprint density at radius 2 is 0.895 bits per heavy atom. The number of fused-ring (bicyclic) bond motifs is 2. The summed E-state index contributed by atoms with van der Waals surface area (Å²) in [6, 6.07) is 37.1. The van der Waals surface area contributed by atoms with Gasteiger partial charge >= 0.3 is 223 Å². The van der Waals surface area contributed by atoms with Crippen LogP contribution in [0.1, 0.15) is 55.7 Å². The van der Waals surface area contributed by atoms with Crippen molar-refractivity contribution in [3.63, 3.8) is 0 Å². The van der Waals surface area contributed by atoms with Gasteiger partial charge in [0.1, 0.15) is 0 Å². The molecule has 4 aromatic carbocycles. The molecule has 4 aromatic rings. The van der Waals surface area contributed by atoms with Crippen molar-refractivity contribution in [1.29, 1.82) is 0 Å². The van der Waals surface area contributed by atoms with Gasteiger partial charge in [0.25, 0.3) is 0 Å². The van der Waals surface area contributed by atoms with Crippen LogP contribution in [-0.2, 0) is 16.6 Å². The Labute approximate surface area is 246 Å². The first-order valence-corrected chi connectivity index (χ1v) is 18.6. The van der Waals surface area contributed by atoms with Gasteiger partial charge in [-0.2, -0.15) is 0 Å². The van der Waals surface area contributed by atoms with Crippen molar-refractivity contribution in [3.8, 4) is 0 Å². The zero-order valence-electron chi connectivity index (χ0n) is 22.4. The van der Waals surface area contributed by atoms with E-state index in [0.29, 0.717) is 8.45 Å². The Balaban J connectivity index is 0.00000168. The fraction of sp³-hybridized carbons (Fsp3) is 0.176. The number of hydrogen-bond donors (Lipinski definition) is 0. The van der Waals surface area contributed by atoms with E-state index in [1.54, 1.807) is 32.6 Å². The average molecular weight is 590 g/mol. The van der Waals surface area contributed by atoms with Gasteiger partial charge in [-0.05, 0) is 0 Å². The second kappa shape index (κ2) is 11.9. The minimum atomic E-state index is -1.98. The number of aryl methyl sites for hydroxylation is 2. The Kier molecular flexibility index (Phi) is 9.07. The Morgan fingerprint density at radius 3 is 1.29 bits per heavy atom. The van der Waals surface area contributed by atoms with Crippen molar-refractivity contribution in [2.45, 2.75) is 36.1 Å². The zero-order valence-corrected chi connectivity index (χ0v) is 26.6. The summed E-state index contributed by atoms with van der Waals surface area (Å²) in [4.78, 5) is 0. The van der Waals surface area contributed by atoms with E-state index >= 15 is 0 Å². The van der Waals surface area contributed by atoms with Crippen molar-refractivity contribution in [1.82, 2.24) is 0 Å². The Hall–Kier alpha value is -2.13. The molecule has 2 aliphatic rings. The molecule has 0 bridgehead atoms. The third kappa shape index (κ3) is 4.96. The van der Waals surface area contributed by atoms with Crippen molar-refractivity contribution < 1.29 is 16.6 Å². The molecule has 38 heavy (non-hydrogen) atoms. The molecule has 0 fully saturated rings. The molecule has 6 rings (SSSR count). The van der Waals surface area contributed by atoms with Gasteiger partial charge in [-0.1, -0.05) is 0 Å². The minimum Gasteiger partial charge on any atom is -0.147 e. The maximum absolute atomic E-state index is 2.52. The van der Waals surface area contributed by atoms with E-state index in [1.807, 2.05) is 0 Å². The summed E-state index contributed by atoms with van der Waals surface area (Å²) in [5.74, 6) is 0. The Morgan fingerprint density at radius 1 is 0.500 bits per heavy atom. The van der Waals surface area contributed by atoms with Gasteiger partial charge in [-0.3, -0.25) is 0 Å². The van der Waals surface area contributed by atoms with Crippen LogP contribution in [0.25, 0.3) is 12.2 Å². The smallest absolute Gasteiger partial charge is 0.147 e. The molecule has 0 saturated heterocycles. The maximum Gasteiger partial charge on any atom is -0.147 e.